The first-order valence-electron chi connectivity index (χ1n) is 13.3. The van der Waals surface area contributed by atoms with E-state index in [0.717, 1.165) is 29.7 Å². The molecule has 1 unspecified atom stereocenters. The number of hydrogen-bond acceptors (Lipinski definition) is 4. The van der Waals surface area contributed by atoms with Crippen molar-refractivity contribution in [2.75, 3.05) is 0 Å². The molecule has 0 bridgehead atoms. The zero-order chi connectivity index (χ0) is 26.0. The highest BCUT2D eigenvalue weighted by atomic mass is 32.2. The maximum atomic E-state index is 13.6. The van der Waals surface area contributed by atoms with Crippen LogP contribution in [0.1, 0.15) is 74.3 Å². The number of ether oxygens (including phenoxy) is 1. The first-order valence-corrected chi connectivity index (χ1v) is 14.2. The molecule has 0 radical (unpaired) electrons. The summed E-state index contributed by atoms with van der Waals surface area (Å²) < 4.78 is 6.30. The molecule has 1 atom stereocenters. The van der Waals surface area contributed by atoms with Crippen LogP contribution in [0.2, 0.25) is 0 Å². The maximum absolute atomic E-state index is 13.6. The predicted molar refractivity (Wildman–Crippen MR) is 151 cm³/mol. The zero-order valence-corrected chi connectivity index (χ0v) is 22.9. The molecule has 0 spiro atoms. The van der Waals surface area contributed by atoms with E-state index < -0.39 is 11.6 Å². The van der Waals surface area contributed by atoms with Gasteiger partial charge in [-0.1, -0.05) is 99.3 Å². The Kier molecular flexibility index (Phi) is 7.22. The van der Waals surface area contributed by atoms with Crippen LogP contribution in [-0.2, 0) is 39.8 Å². The molecule has 2 aliphatic rings. The second-order valence-corrected chi connectivity index (χ2v) is 12.4. The Morgan fingerprint density at radius 2 is 1.54 bits per heavy atom. The SMILES string of the molecule is CC(C)(C)c1cc2c(cc1SC1=C(O)CC(CCc3ccccc3)(c3ccccc3)OC1=O)CCCC2. The molecule has 3 nitrogen and oxygen atoms in total. The van der Waals surface area contributed by atoms with Gasteiger partial charge in [0.25, 0.3) is 0 Å². The van der Waals surface area contributed by atoms with Crippen LogP contribution < -0.4 is 0 Å². The normalized spacial score (nSPS) is 19.9. The molecule has 0 amide bonds. The van der Waals surface area contributed by atoms with Crippen LogP contribution in [0.3, 0.4) is 0 Å². The Morgan fingerprint density at radius 3 is 2.16 bits per heavy atom. The van der Waals surface area contributed by atoms with Gasteiger partial charge in [-0.15, -0.1) is 0 Å². The number of carbonyl (C=O) groups is 1. The molecule has 1 aliphatic carbocycles. The summed E-state index contributed by atoms with van der Waals surface area (Å²) in [5.41, 5.74) is 5.13. The fraction of sp³-hybridized carbons (Fsp3) is 0.364. The third-order valence-electron chi connectivity index (χ3n) is 7.61. The van der Waals surface area contributed by atoms with Gasteiger partial charge in [0.2, 0.25) is 0 Å². The Hall–Kier alpha value is -2.98. The average Bonchev–Trinajstić information content (AvgIpc) is 2.89. The van der Waals surface area contributed by atoms with Crippen molar-refractivity contribution in [3.05, 3.63) is 111 Å². The van der Waals surface area contributed by atoms with Crippen molar-refractivity contribution < 1.29 is 14.6 Å². The number of rotatable bonds is 6. The van der Waals surface area contributed by atoms with Gasteiger partial charge in [0.05, 0.1) is 6.42 Å². The van der Waals surface area contributed by atoms with Gasteiger partial charge in [0, 0.05) is 4.90 Å². The molecule has 5 rings (SSSR count). The number of carbonyl (C=O) groups excluding carboxylic acids is 1. The molecule has 0 saturated carbocycles. The molecule has 0 saturated heterocycles. The van der Waals surface area contributed by atoms with Crippen molar-refractivity contribution >= 4 is 17.7 Å². The summed E-state index contributed by atoms with van der Waals surface area (Å²) in [7, 11) is 0. The van der Waals surface area contributed by atoms with Gasteiger partial charge in [0.15, 0.2) is 0 Å². The number of aryl methyl sites for hydroxylation is 3. The zero-order valence-electron chi connectivity index (χ0n) is 22.0. The number of fused-ring (bicyclic) bond motifs is 1. The van der Waals surface area contributed by atoms with Crippen molar-refractivity contribution in [2.24, 2.45) is 0 Å². The Balaban J connectivity index is 1.49. The summed E-state index contributed by atoms with van der Waals surface area (Å²) in [5.74, 6) is -0.320. The van der Waals surface area contributed by atoms with Crippen LogP contribution >= 0.6 is 11.8 Å². The molecular formula is C33H36O3S. The number of aliphatic hydroxyl groups excluding tert-OH is 1. The topological polar surface area (TPSA) is 46.5 Å². The number of esters is 1. The second kappa shape index (κ2) is 10.4. The van der Waals surface area contributed by atoms with Crippen molar-refractivity contribution in [3.63, 3.8) is 0 Å². The summed E-state index contributed by atoms with van der Waals surface area (Å²) in [5, 5.41) is 11.4. The molecule has 3 aromatic rings. The molecule has 1 N–H and O–H groups in total. The lowest BCUT2D eigenvalue weighted by molar-refractivity contribution is -0.160. The monoisotopic (exact) mass is 512 g/mol. The number of hydrogen-bond donors (Lipinski definition) is 1. The largest absolute Gasteiger partial charge is 0.511 e. The number of aliphatic hydroxyl groups is 1. The Labute approximate surface area is 225 Å². The van der Waals surface area contributed by atoms with Gasteiger partial charge >= 0.3 is 5.97 Å². The van der Waals surface area contributed by atoms with E-state index in [0.29, 0.717) is 11.3 Å². The molecular weight excluding hydrogens is 476 g/mol. The van der Waals surface area contributed by atoms with Gasteiger partial charge in [-0.25, -0.2) is 4.79 Å². The van der Waals surface area contributed by atoms with E-state index in [-0.39, 0.29) is 17.6 Å². The van der Waals surface area contributed by atoms with E-state index in [1.165, 1.54) is 46.9 Å². The van der Waals surface area contributed by atoms with Crippen LogP contribution in [-0.4, -0.2) is 11.1 Å². The highest BCUT2D eigenvalue weighted by Gasteiger charge is 2.43. The molecule has 0 fully saturated rings. The lowest BCUT2D eigenvalue weighted by atomic mass is 9.82. The van der Waals surface area contributed by atoms with Crippen molar-refractivity contribution in [1.82, 2.24) is 0 Å². The highest BCUT2D eigenvalue weighted by molar-refractivity contribution is 8.04. The van der Waals surface area contributed by atoms with Crippen LogP contribution in [0.25, 0.3) is 0 Å². The number of cyclic esters (lactones) is 1. The molecule has 3 aromatic carbocycles. The van der Waals surface area contributed by atoms with Crippen LogP contribution in [0.5, 0.6) is 0 Å². The molecule has 37 heavy (non-hydrogen) atoms. The Morgan fingerprint density at radius 1 is 0.919 bits per heavy atom. The quantitative estimate of drug-likeness (QED) is 0.338. The van der Waals surface area contributed by atoms with Crippen LogP contribution in [0.4, 0.5) is 0 Å². The van der Waals surface area contributed by atoms with Gasteiger partial charge in [0.1, 0.15) is 16.3 Å². The van der Waals surface area contributed by atoms with E-state index in [2.05, 4.69) is 45.0 Å². The second-order valence-electron chi connectivity index (χ2n) is 11.4. The Bertz CT molecular complexity index is 1300. The van der Waals surface area contributed by atoms with E-state index in [9.17, 15) is 9.90 Å². The minimum Gasteiger partial charge on any atom is -0.511 e. The summed E-state index contributed by atoms with van der Waals surface area (Å²) in [6, 6.07) is 24.7. The molecule has 0 aromatic heterocycles. The summed E-state index contributed by atoms with van der Waals surface area (Å²) in [4.78, 5) is 15.0. The van der Waals surface area contributed by atoms with Crippen LogP contribution in [0.15, 0.2) is 88.4 Å². The van der Waals surface area contributed by atoms with E-state index in [4.69, 9.17) is 4.74 Å². The van der Waals surface area contributed by atoms with Gasteiger partial charge in [-0.05, 0) is 77.8 Å². The summed E-state index contributed by atoms with van der Waals surface area (Å²) >= 11 is 1.37. The third kappa shape index (κ3) is 5.50. The summed E-state index contributed by atoms with van der Waals surface area (Å²) in [6.07, 6.45) is 6.22. The van der Waals surface area contributed by atoms with E-state index >= 15 is 0 Å². The van der Waals surface area contributed by atoms with E-state index in [1.807, 2.05) is 48.5 Å². The molecule has 1 aliphatic heterocycles. The van der Waals surface area contributed by atoms with Crippen LogP contribution in [0, 0.1) is 0 Å². The fourth-order valence-corrected chi connectivity index (χ4v) is 6.76. The first kappa shape index (κ1) is 25.7. The van der Waals surface area contributed by atoms with Crippen molar-refractivity contribution in [2.45, 2.75) is 81.6 Å². The average molecular weight is 513 g/mol. The molecule has 4 heteroatoms. The van der Waals surface area contributed by atoms with Gasteiger partial charge in [-0.3, -0.25) is 0 Å². The maximum Gasteiger partial charge on any atom is 0.349 e. The number of benzene rings is 3. The number of thioether (sulfide) groups is 1. The van der Waals surface area contributed by atoms with E-state index in [1.54, 1.807) is 0 Å². The minimum absolute atomic E-state index is 0.0763. The lowest BCUT2D eigenvalue weighted by Gasteiger charge is -2.38. The summed E-state index contributed by atoms with van der Waals surface area (Å²) in [6.45, 7) is 6.62. The third-order valence-corrected chi connectivity index (χ3v) is 8.78. The van der Waals surface area contributed by atoms with Gasteiger partial charge in [-0.2, -0.15) is 0 Å². The van der Waals surface area contributed by atoms with Gasteiger partial charge < -0.3 is 9.84 Å². The predicted octanol–water partition coefficient (Wildman–Crippen LogP) is 8.20. The first-order chi connectivity index (χ1) is 17.7. The van der Waals surface area contributed by atoms with Crippen molar-refractivity contribution in [1.29, 1.82) is 0 Å². The molecule has 192 valence electrons. The highest BCUT2D eigenvalue weighted by Crippen LogP contribution is 2.47. The standard InChI is InChI=1S/C33H36O3S/c1-32(2,3)27-20-24-14-10-11-15-25(24)21-29(27)37-30-28(34)22-33(36-31(30)35,26-16-8-5-9-17-26)19-18-23-12-6-4-7-13-23/h4-9,12-13,16-17,20-21,34H,10-11,14-15,18-19,22H2,1-3H3. The van der Waals surface area contributed by atoms with Crippen molar-refractivity contribution in [3.8, 4) is 0 Å². The minimum atomic E-state index is -0.898. The molecule has 1 heterocycles. The smallest absolute Gasteiger partial charge is 0.349 e. The lowest BCUT2D eigenvalue weighted by Crippen LogP contribution is -2.38. The fourth-order valence-electron chi connectivity index (χ4n) is 5.55.